The quantitative estimate of drug-likeness (QED) is 0.204. The van der Waals surface area contributed by atoms with E-state index < -0.39 is 0 Å². The number of amides is 1. The molecule has 1 saturated carbocycles. The van der Waals surface area contributed by atoms with E-state index in [1.165, 1.54) is 6.21 Å². The first-order valence-corrected chi connectivity index (χ1v) is 14.2. The number of unbranched alkanes of at least 4 members (excludes halogenated alkanes) is 2. The molecular formula is C29H42N8O2. The molecule has 0 bridgehead atoms. The van der Waals surface area contributed by atoms with Gasteiger partial charge < -0.3 is 25.9 Å². The Morgan fingerprint density at radius 2 is 1.92 bits per heavy atom. The molecule has 210 valence electrons. The number of imidazole rings is 1. The molecule has 1 amide bonds. The SMILES string of the molecule is CCC(=O)CCCCC[C@H](NC(=O)[C@H]1CC12CCN(C)CC2)c1ncc(-c2cnc(N/C=C(/C)C=N)nc2)[nH]1. The van der Waals surface area contributed by atoms with E-state index in [1.54, 1.807) is 24.8 Å². The van der Waals surface area contributed by atoms with Crippen LogP contribution in [-0.4, -0.2) is 62.9 Å². The van der Waals surface area contributed by atoms with Gasteiger partial charge in [-0.25, -0.2) is 15.0 Å². The number of allylic oxidation sites excluding steroid dienone is 1. The van der Waals surface area contributed by atoms with Gasteiger partial charge >= 0.3 is 0 Å². The molecule has 2 atom stereocenters. The van der Waals surface area contributed by atoms with E-state index in [4.69, 9.17) is 5.41 Å². The number of aromatic amines is 1. The van der Waals surface area contributed by atoms with Crippen molar-refractivity contribution in [2.45, 2.75) is 77.7 Å². The Morgan fingerprint density at radius 1 is 1.18 bits per heavy atom. The van der Waals surface area contributed by atoms with E-state index in [0.717, 1.165) is 80.7 Å². The van der Waals surface area contributed by atoms with Crippen molar-refractivity contribution in [2.75, 3.05) is 25.5 Å². The maximum Gasteiger partial charge on any atom is 0.226 e. The molecule has 2 aromatic heterocycles. The van der Waals surface area contributed by atoms with Gasteiger partial charge in [-0.2, -0.15) is 0 Å². The van der Waals surface area contributed by atoms with Crippen LogP contribution in [0.2, 0.25) is 0 Å². The smallest absolute Gasteiger partial charge is 0.226 e. The van der Waals surface area contributed by atoms with Gasteiger partial charge in [0.05, 0.1) is 17.9 Å². The first-order chi connectivity index (χ1) is 18.8. The monoisotopic (exact) mass is 534 g/mol. The second-order valence-electron chi connectivity index (χ2n) is 11.1. The van der Waals surface area contributed by atoms with Crippen LogP contribution in [0.25, 0.3) is 11.3 Å². The van der Waals surface area contributed by atoms with Crippen LogP contribution in [0.5, 0.6) is 0 Å². The number of piperidine rings is 1. The van der Waals surface area contributed by atoms with Gasteiger partial charge in [0.15, 0.2) is 0 Å². The molecule has 1 aliphatic carbocycles. The summed E-state index contributed by atoms with van der Waals surface area (Å²) in [5.41, 5.74) is 2.52. The minimum Gasteiger partial charge on any atom is -0.346 e. The number of likely N-dealkylation sites (tertiary alicyclic amines) is 1. The van der Waals surface area contributed by atoms with Gasteiger partial charge in [0.1, 0.15) is 11.6 Å². The zero-order valence-electron chi connectivity index (χ0n) is 23.4. The lowest BCUT2D eigenvalue weighted by molar-refractivity contribution is -0.124. The fourth-order valence-corrected chi connectivity index (χ4v) is 5.33. The highest BCUT2D eigenvalue weighted by Gasteiger charge is 2.58. The predicted molar refractivity (Wildman–Crippen MR) is 152 cm³/mol. The van der Waals surface area contributed by atoms with Gasteiger partial charge in [-0.05, 0) is 70.2 Å². The number of hydrogen-bond donors (Lipinski definition) is 4. The zero-order chi connectivity index (χ0) is 27.8. The Kier molecular flexibility index (Phi) is 9.61. The van der Waals surface area contributed by atoms with Crippen molar-refractivity contribution in [3.8, 4) is 11.3 Å². The summed E-state index contributed by atoms with van der Waals surface area (Å²) in [5.74, 6) is 1.70. The first-order valence-electron chi connectivity index (χ1n) is 14.2. The normalized spacial score (nSPS) is 19.5. The zero-order valence-corrected chi connectivity index (χ0v) is 23.4. The fourth-order valence-electron chi connectivity index (χ4n) is 5.33. The molecule has 39 heavy (non-hydrogen) atoms. The molecule has 1 aliphatic heterocycles. The highest BCUT2D eigenvalue weighted by Crippen LogP contribution is 2.59. The molecule has 2 aliphatic rings. The Balaban J connectivity index is 1.41. The lowest BCUT2D eigenvalue weighted by Crippen LogP contribution is -2.36. The number of H-pyrrole nitrogens is 1. The second-order valence-corrected chi connectivity index (χ2v) is 11.1. The molecule has 2 aromatic rings. The second kappa shape index (κ2) is 13.1. The Labute approximate surface area is 231 Å². The number of ketones is 1. The van der Waals surface area contributed by atoms with Crippen molar-refractivity contribution in [1.82, 2.24) is 30.2 Å². The van der Waals surface area contributed by atoms with Crippen LogP contribution >= 0.6 is 0 Å². The van der Waals surface area contributed by atoms with Crippen LogP contribution < -0.4 is 10.6 Å². The molecule has 10 nitrogen and oxygen atoms in total. The molecule has 10 heteroatoms. The molecule has 4 rings (SSSR count). The summed E-state index contributed by atoms with van der Waals surface area (Å²) in [6, 6.07) is -0.215. The minimum absolute atomic E-state index is 0.0871. The van der Waals surface area contributed by atoms with Gasteiger partial charge in [0.25, 0.3) is 0 Å². The summed E-state index contributed by atoms with van der Waals surface area (Å²) in [6.07, 6.45) is 16.0. The largest absolute Gasteiger partial charge is 0.346 e. The number of nitrogens with zero attached hydrogens (tertiary/aromatic N) is 4. The number of rotatable bonds is 14. The van der Waals surface area contributed by atoms with Gasteiger partial charge in [0, 0.05) is 49.1 Å². The van der Waals surface area contributed by atoms with Crippen molar-refractivity contribution in [2.24, 2.45) is 11.3 Å². The summed E-state index contributed by atoms with van der Waals surface area (Å²) >= 11 is 0. The van der Waals surface area contributed by atoms with Crippen LogP contribution in [-0.2, 0) is 9.59 Å². The maximum atomic E-state index is 13.3. The van der Waals surface area contributed by atoms with E-state index in [9.17, 15) is 9.59 Å². The Bertz CT molecular complexity index is 1160. The van der Waals surface area contributed by atoms with Crippen LogP contribution in [0, 0.1) is 16.7 Å². The summed E-state index contributed by atoms with van der Waals surface area (Å²) in [7, 11) is 2.15. The summed E-state index contributed by atoms with van der Waals surface area (Å²) in [5, 5.41) is 13.5. The van der Waals surface area contributed by atoms with Gasteiger partial charge in [-0.1, -0.05) is 19.8 Å². The highest BCUT2D eigenvalue weighted by molar-refractivity contribution is 5.83. The molecule has 0 unspecified atom stereocenters. The average Bonchev–Trinajstić information content (AvgIpc) is 3.43. The Hall–Kier alpha value is -3.40. The topological polar surface area (TPSA) is 140 Å². The third-order valence-electron chi connectivity index (χ3n) is 8.19. The van der Waals surface area contributed by atoms with Gasteiger partial charge in [-0.15, -0.1) is 0 Å². The number of nitrogens with one attached hydrogen (secondary N) is 4. The van der Waals surface area contributed by atoms with Crippen LogP contribution in [0.15, 0.2) is 30.4 Å². The minimum atomic E-state index is -0.215. The molecular weight excluding hydrogens is 492 g/mol. The number of Topliss-reactive ketones (excluding diaryl/α,β-unsaturated/α-hetero) is 1. The standard InChI is InChI=1S/C29H42N8O2/c1-4-22(38)8-6-5-7-9-24(36-27(39)23-14-29(23)10-12-37(3)13-11-29)26-31-19-25(35-26)21-17-33-28(34-18-21)32-16-20(2)15-30/h15-19,23-24,30H,4-14H2,1-3H3,(H,31,35)(H,36,39)(H,32,33,34)/b20-16-,30-15?/t23-,24+/m1/s1. The van der Waals surface area contributed by atoms with Crippen molar-refractivity contribution in [3.05, 3.63) is 36.2 Å². The molecule has 3 heterocycles. The fraction of sp³-hybridized carbons (Fsp3) is 0.586. The van der Waals surface area contributed by atoms with Gasteiger partial charge in [-0.3, -0.25) is 9.59 Å². The van der Waals surface area contributed by atoms with E-state index in [0.29, 0.717) is 24.6 Å². The van der Waals surface area contributed by atoms with E-state index >= 15 is 0 Å². The third-order valence-corrected chi connectivity index (χ3v) is 8.19. The number of anilines is 1. The molecule has 1 saturated heterocycles. The lowest BCUT2D eigenvalue weighted by Gasteiger charge is -2.30. The first kappa shape index (κ1) is 28.6. The number of carbonyl (C=O) groups excluding carboxylic acids is 2. The number of aromatic nitrogens is 4. The van der Waals surface area contributed by atoms with Crippen molar-refractivity contribution in [1.29, 1.82) is 5.41 Å². The average molecular weight is 535 g/mol. The maximum absolute atomic E-state index is 13.3. The highest BCUT2D eigenvalue weighted by atomic mass is 16.2. The summed E-state index contributed by atoms with van der Waals surface area (Å²) in [4.78, 5) is 44.1. The van der Waals surface area contributed by atoms with E-state index in [-0.39, 0.29) is 23.3 Å². The van der Waals surface area contributed by atoms with Crippen LogP contribution in [0.4, 0.5) is 5.95 Å². The van der Waals surface area contributed by atoms with Crippen molar-refractivity contribution < 1.29 is 9.59 Å². The van der Waals surface area contributed by atoms with Crippen molar-refractivity contribution >= 4 is 23.9 Å². The predicted octanol–water partition coefficient (Wildman–Crippen LogP) is 4.65. The van der Waals surface area contributed by atoms with Gasteiger partial charge in [0.2, 0.25) is 11.9 Å². The van der Waals surface area contributed by atoms with E-state index in [2.05, 4.69) is 42.5 Å². The molecule has 4 N–H and O–H groups in total. The summed E-state index contributed by atoms with van der Waals surface area (Å²) < 4.78 is 0. The molecule has 0 aromatic carbocycles. The number of carbonyl (C=O) groups is 2. The van der Waals surface area contributed by atoms with E-state index in [1.807, 2.05) is 13.8 Å². The van der Waals surface area contributed by atoms with Crippen LogP contribution in [0.3, 0.4) is 0 Å². The van der Waals surface area contributed by atoms with Crippen LogP contribution in [0.1, 0.15) is 83.5 Å². The summed E-state index contributed by atoms with van der Waals surface area (Å²) in [6.45, 7) is 5.83. The third kappa shape index (κ3) is 7.59. The number of hydrogen-bond acceptors (Lipinski definition) is 8. The molecule has 1 spiro atoms. The van der Waals surface area contributed by atoms with Crippen molar-refractivity contribution in [3.63, 3.8) is 0 Å². The molecule has 0 radical (unpaired) electrons. The Morgan fingerprint density at radius 3 is 2.62 bits per heavy atom. The lowest BCUT2D eigenvalue weighted by atomic mass is 9.91. The molecule has 2 fully saturated rings.